The standard InChI is InChI=1S/C15H18N2O2/c1-4-11-5-7-12(8-6-11)15(2,18)13-14(19-3)17-10-9-16-13/h5-10,18H,4H2,1-3H3. The molecule has 4 heteroatoms. The summed E-state index contributed by atoms with van der Waals surface area (Å²) >= 11 is 0. The van der Waals surface area contributed by atoms with Crippen LogP contribution in [0, 0.1) is 0 Å². The maximum Gasteiger partial charge on any atom is 0.238 e. The molecular weight excluding hydrogens is 240 g/mol. The largest absolute Gasteiger partial charge is 0.480 e. The molecule has 0 aliphatic heterocycles. The number of benzene rings is 1. The van der Waals surface area contributed by atoms with Crippen molar-refractivity contribution in [3.8, 4) is 5.88 Å². The van der Waals surface area contributed by atoms with Crippen LogP contribution in [0.25, 0.3) is 0 Å². The Balaban J connectivity index is 2.45. The number of ether oxygens (including phenoxy) is 1. The Morgan fingerprint density at radius 1 is 1.16 bits per heavy atom. The van der Waals surface area contributed by atoms with E-state index in [4.69, 9.17) is 4.74 Å². The zero-order chi connectivity index (χ0) is 13.9. The van der Waals surface area contributed by atoms with Gasteiger partial charge in [0.2, 0.25) is 5.88 Å². The summed E-state index contributed by atoms with van der Waals surface area (Å²) in [6.07, 6.45) is 4.06. The Morgan fingerprint density at radius 2 is 1.79 bits per heavy atom. The van der Waals surface area contributed by atoms with Gasteiger partial charge in [0.05, 0.1) is 7.11 Å². The molecule has 2 rings (SSSR count). The number of hydrogen-bond acceptors (Lipinski definition) is 4. The fourth-order valence-corrected chi connectivity index (χ4v) is 2.01. The van der Waals surface area contributed by atoms with Crippen LogP contribution in [0.3, 0.4) is 0 Å². The van der Waals surface area contributed by atoms with Crippen LogP contribution in [0.1, 0.15) is 30.7 Å². The topological polar surface area (TPSA) is 55.2 Å². The van der Waals surface area contributed by atoms with Crippen LogP contribution < -0.4 is 4.74 Å². The van der Waals surface area contributed by atoms with Crippen LogP contribution in [-0.4, -0.2) is 22.2 Å². The average molecular weight is 258 g/mol. The number of aromatic nitrogens is 2. The zero-order valence-corrected chi connectivity index (χ0v) is 11.4. The monoisotopic (exact) mass is 258 g/mol. The third-order valence-corrected chi connectivity index (χ3v) is 3.24. The molecule has 0 radical (unpaired) electrons. The predicted octanol–water partition coefficient (Wildman–Crippen LogP) is 2.30. The number of methoxy groups -OCH3 is 1. The average Bonchev–Trinajstić information content (AvgIpc) is 2.47. The van der Waals surface area contributed by atoms with Crippen molar-refractivity contribution in [2.45, 2.75) is 25.9 Å². The SMILES string of the molecule is CCc1ccc(C(C)(O)c2nccnc2OC)cc1. The number of hydrogen-bond donors (Lipinski definition) is 1. The van der Waals surface area contributed by atoms with Gasteiger partial charge >= 0.3 is 0 Å². The lowest BCUT2D eigenvalue weighted by atomic mass is 9.91. The summed E-state index contributed by atoms with van der Waals surface area (Å²) in [7, 11) is 1.52. The van der Waals surface area contributed by atoms with Crippen molar-refractivity contribution in [3.05, 3.63) is 53.5 Å². The van der Waals surface area contributed by atoms with Gasteiger partial charge in [0.15, 0.2) is 0 Å². The van der Waals surface area contributed by atoms with Gasteiger partial charge < -0.3 is 9.84 Å². The Labute approximate surface area is 113 Å². The lowest BCUT2D eigenvalue weighted by Crippen LogP contribution is -2.25. The molecule has 0 bridgehead atoms. The van der Waals surface area contributed by atoms with Crippen LogP contribution in [0.2, 0.25) is 0 Å². The van der Waals surface area contributed by atoms with Gasteiger partial charge in [-0.15, -0.1) is 0 Å². The van der Waals surface area contributed by atoms with E-state index in [2.05, 4.69) is 16.9 Å². The first-order valence-corrected chi connectivity index (χ1v) is 6.26. The maximum absolute atomic E-state index is 10.8. The van der Waals surface area contributed by atoms with Gasteiger partial charge in [-0.05, 0) is 24.5 Å². The first-order valence-electron chi connectivity index (χ1n) is 6.26. The van der Waals surface area contributed by atoms with Crippen LogP contribution in [0.5, 0.6) is 5.88 Å². The molecular formula is C15H18N2O2. The number of nitrogens with zero attached hydrogens (tertiary/aromatic N) is 2. The van der Waals surface area contributed by atoms with Crippen LogP contribution in [0.4, 0.5) is 0 Å². The van der Waals surface area contributed by atoms with Crippen LogP contribution in [0.15, 0.2) is 36.7 Å². The third-order valence-electron chi connectivity index (χ3n) is 3.24. The first kappa shape index (κ1) is 13.5. The van der Waals surface area contributed by atoms with E-state index in [0.29, 0.717) is 11.6 Å². The van der Waals surface area contributed by atoms with Crippen molar-refractivity contribution < 1.29 is 9.84 Å². The summed E-state index contributed by atoms with van der Waals surface area (Å²) < 4.78 is 5.16. The molecule has 1 N–H and O–H groups in total. The molecule has 0 amide bonds. The highest BCUT2D eigenvalue weighted by molar-refractivity contribution is 5.37. The molecule has 1 atom stereocenters. The Kier molecular flexibility index (Phi) is 3.81. The molecule has 1 unspecified atom stereocenters. The minimum Gasteiger partial charge on any atom is -0.480 e. The number of aliphatic hydroxyl groups is 1. The van der Waals surface area contributed by atoms with Crippen molar-refractivity contribution >= 4 is 0 Å². The molecule has 1 heterocycles. The molecule has 19 heavy (non-hydrogen) atoms. The van der Waals surface area contributed by atoms with Gasteiger partial charge in [0.1, 0.15) is 11.3 Å². The molecule has 0 spiro atoms. The van der Waals surface area contributed by atoms with Crippen LogP contribution >= 0.6 is 0 Å². The van der Waals surface area contributed by atoms with E-state index in [-0.39, 0.29) is 0 Å². The first-order chi connectivity index (χ1) is 9.09. The molecule has 0 saturated heterocycles. The quantitative estimate of drug-likeness (QED) is 0.914. The second kappa shape index (κ2) is 5.36. The minimum atomic E-state index is -1.23. The lowest BCUT2D eigenvalue weighted by Gasteiger charge is -2.24. The second-order valence-corrected chi connectivity index (χ2v) is 4.54. The van der Waals surface area contributed by atoms with Gasteiger partial charge in [-0.2, -0.15) is 0 Å². The van der Waals surface area contributed by atoms with Crippen molar-refractivity contribution in [1.82, 2.24) is 9.97 Å². The van der Waals surface area contributed by atoms with Crippen LogP contribution in [-0.2, 0) is 12.0 Å². The summed E-state index contributed by atoms with van der Waals surface area (Å²) in [6.45, 7) is 3.79. The zero-order valence-electron chi connectivity index (χ0n) is 11.4. The Bertz CT molecular complexity index is 550. The van der Waals surface area contributed by atoms with E-state index in [1.54, 1.807) is 19.3 Å². The summed E-state index contributed by atoms with van der Waals surface area (Å²) in [5, 5.41) is 10.8. The molecule has 4 nitrogen and oxygen atoms in total. The predicted molar refractivity (Wildman–Crippen MR) is 73.1 cm³/mol. The lowest BCUT2D eigenvalue weighted by molar-refractivity contribution is 0.0929. The Morgan fingerprint density at radius 3 is 2.37 bits per heavy atom. The minimum absolute atomic E-state index is 0.340. The van der Waals surface area contributed by atoms with Crippen molar-refractivity contribution in [1.29, 1.82) is 0 Å². The summed E-state index contributed by atoms with van der Waals surface area (Å²) in [4.78, 5) is 8.28. The van der Waals surface area contributed by atoms with Gasteiger partial charge in [-0.1, -0.05) is 31.2 Å². The van der Waals surface area contributed by atoms with Crippen molar-refractivity contribution in [3.63, 3.8) is 0 Å². The molecule has 0 aliphatic rings. The molecule has 1 aromatic carbocycles. The van der Waals surface area contributed by atoms with E-state index < -0.39 is 5.60 Å². The molecule has 0 fully saturated rings. The molecule has 1 aromatic heterocycles. The van der Waals surface area contributed by atoms with Crippen molar-refractivity contribution in [2.75, 3.05) is 7.11 Å². The summed E-state index contributed by atoms with van der Waals surface area (Å²) in [6, 6.07) is 7.83. The normalized spacial score (nSPS) is 13.9. The van der Waals surface area contributed by atoms with E-state index in [9.17, 15) is 5.11 Å². The fourth-order valence-electron chi connectivity index (χ4n) is 2.01. The highest BCUT2D eigenvalue weighted by Crippen LogP contribution is 2.32. The molecule has 0 aliphatic carbocycles. The van der Waals surface area contributed by atoms with E-state index in [1.807, 2.05) is 24.3 Å². The van der Waals surface area contributed by atoms with E-state index in [0.717, 1.165) is 12.0 Å². The Hall–Kier alpha value is -1.94. The fraction of sp³-hybridized carbons (Fsp3) is 0.333. The van der Waals surface area contributed by atoms with Crippen molar-refractivity contribution in [2.24, 2.45) is 0 Å². The van der Waals surface area contributed by atoms with Gasteiger partial charge in [0.25, 0.3) is 0 Å². The molecule has 2 aromatic rings. The molecule has 100 valence electrons. The highest BCUT2D eigenvalue weighted by atomic mass is 16.5. The third kappa shape index (κ3) is 2.58. The summed E-state index contributed by atoms with van der Waals surface area (Å²) in [5.74, 6) is 0.340. The van der Waals surface area contributed by atoms with Gasteiger partial charge in [0, 0.05) is 12.4 Å². The van der Waals surface area contributed by atoms with E-state index in [1.165, 1.54) is 12.7 Å². The van der Waals surface area contributed by atoms with Gasteiger partial charge in [-0.25, -0.2) is 4.98 Å². The maximum atomic E-state index is 10.8. The number of rotatable bonds is 4. The van der Waals surface area contributed by atoms with Gasteiger partial charge in [-0.3, -0.25) is 4.98 Å². The molecule has 0 saturated carbocycles. The highest BCUT2D eigenvalue weighted by Gasteiger charge is 2.31. The number of aryl methyl sites for hydroxylation is 1. The summed E-state index contributed by atoms with van der Waals surface area (Å²) in [5.41, 5.74) is 1.18. The second-order valence-electron chi connectivity index (χ2n) is 4.54. The smallest absolute Gasteiger partial charge is 0.238 e. The van der Waals surface area contributed by atoms with E-state index >= 15 is 0 Å².